The van der Waals surface area contributed by atoms with Gasteiger partial charge in [-0.3, -0.25) is 10.3 Å². The summed E-state index contributed by atoms with van der Waals surface area (Å²) in [6, 6.07) is 0. The van der Waals surface area contributed by atoms with Gasteiger partial charge in [0, 0.05) is 12.7 Å². The van der Waals surface area contributed by atoms with Gasteiger partial charge in [0.1, 0.15) is 6.17 Å². The molecule has 80 valence electrons. The first kappa shape index (κ1) is 11.3. The zero-order valence-corrected chi connectivity index (χ0v) is 8.91. The van der Waals surface area contributed by atoms with E-state index >= 15 is 0 Å². The summed E-state index contributed by atoms with van der Waals surface area (Å²) in [6.45, 7) is 2.44. The van der Waals surface area contributed by atoms with Gasteiger partial charge < -0.3 is 4.74 Å². The summed E-state index contributed by atoms with van der Waals surface area (Å²) in [7, 11) is 2.07. The maximum Gasteiger partial charge on any atom is 0.145 e. The molecule has 0 aliphatic carbocycles. The third-order valence-electron chi connectivity index (χ3n) is 2.23. The molecule has 2 heterocycles. The smallest absolute Gasteiger partial charge is 0.145 e. The van der Waals surface area contributed by atoms with Crippen molar-refractivity contribution < 1.29 is 4.74 Å². The molecule has 1 atom stereocenters. The molecule has 0 aromatic carbocycles. The van der Waals surface area contributed by atoms with Gasteiger partial charge in [-0.05, 0) is 13.1 Å². The molecule has 1 saturated heterocycles. The number of hydrazine groups is 1. The van der Waals surface area contributed by atoms with Gasteiger partial charge in [-0.1, -0.05) is 0 Å². The number of hydrazone groups is 1. The van der Waals surface area contributed by atoms with E-state index < -0.39 is 0 Å². The van der Waals surface area contributed by atoms with Crippen LogP contribution in [-0.2, 0) is 4.74 Å². The Morgan fingerprint density at radius 3 is 3.07 bits per heavy atom. The number of ether oxygens (including phenoxy) is 1. The fraction of sp³-hybridized carbons (Fsp3) is 0.625. The van der Waals surface area contributed by atoms with E-state index in [2.05, 4.69) is 22.5 Å². The summed E-state index contributed by atoms with van der Waals surface area (Å²) in [5.41, 5.74) is 3.05. The van der Waals surface area contributed by atoms with Gasteiger partial charge in [-0.25, -0.2) is 0 Å². The minimum Gasteiger partial charge on any atom is -0.376 e. The first-order valence-electron chi connectivity index (χ1n) is 4.40. The molecular formula is C8H15ClN4O. The first-order valence-corrected chi connectivity index (χ1v) is 4.40. The summed E-state index contributed by atoms with van der Waals surface area (Å²) in [5.74, 6) is 0. The summed E-state index contributed by atoms with van der Waals surface area (Å²) < 4.78 is 5.38. The van der Waals surface area contributed by atoms with Crippen molar-refractivity contribution in [2.75, 3.05) is 26.8 Å². The van der Waals surface area contributed by atoms with E-state index in [1.807, 2.05) is 12.3 Å². The van der Waals surface area contributed by atoms with Crippen LogP contribution in [0, 0.1) is 0 Å². The summed E-state index contributed by atoms with van der Waals surface area (Å²) >= 11 is 0. The number of hydrogen-bond donors (Lipinski definition) is 1. The van der Waals surface area contributed by atoms with Gasteiger partial charge in [0.15, 0.2) is 0 Å². The van der Waals surface area contributed by atoms with E-state index in [4.69, 9.17) is 4.74 Å². The monoisotopic (exact) mass is 218 g/mol. The molecule has 2 aliphatic rings. The largest absolute Gasteiger partial charge is 0.376 e. The Kier molecular flexibility index (Phi) is 4.19. The minimum absolute atomic E-state index is 0. The number of nitrogens with zero attached hydrogens (tertiary/aromatic N) is 3. The van der Waals surface area contributed by atoms with Crippen molar-refractivity contribution in [3.05, 3.63) is 12.3 Å². The van der Waals surface area contributed by atoms with Crippen LogP contribution >= 0.6 is 12.4 Å². The molecule has 0 spiro atoms. The number of hydrogen-bond acceptors (Lipinski definition) is 5. The number of rotatable bonds is 1. The highest BCUT2D eigenvalue weighted by Gasteiger charge is 2.25. The van der Waals surface area contributed by atoms with E-state index in [-0.39, 0.29) is 18.6 Å². The molecule has 0 radical (unpaired) electrons. The third-order valence-corrected chi connectivity index (χ3v) is 2.23. The van der Waals surface area contributed by atoms with Crippen LogP contribution in [0.25, 0.3) is 0 Å². The Bertz CT molecular complexity index is 233. The van der Waals surface area contributed by atoms with Gasteiger partial charge in [-0.15, -0.1) is 12.4 Å². The molecule has 0 aromatic rings. The van der Waals surface area contributed by atoms with Crippen LogP contribution < -0.4 is 5.43 Å². The van der Waals surface area contributed by atoms with Gasteiger partial charge in [0.05, 0.1) is 19.4 Å². The fourth-order valence-corrected chi connectivity index (χ4v) is 1.40. The van der Waals surface area contributed by atoms with Crippen molar-refractivity contribution in [1.82, 2.24) is 15.4 Å². The number of likely N-dealkylation sites (N-methyl/N-ethyl adjacent to an activating group) is 1. The summed E-state index contributed by atoms with van der Waals surface area (Å²) in [5, 5.41) is 6.00. The predicted octanol–water partition coefficient (Wildman–Crippen LogP) is 0.0160. The molecular weight excluding hydrogens is 204 g/mol. The van der Waals surface area contributed by atoms with Crippen molar-refractivity contribution in [3.63, 3.8) is 0 Å². The van der Waals surface area contributed by atoms with E-state index in [0.29, 0.717) is 6.61 Å². The topological polar surface area (TPSA) is 40.1 Å². The molecule has 1 fully saturated rings. The second-order valence-electron chi connectivity index (χ2n) is 3.13. The molecule has 2 rings (SSSR count). The molecule has 2 aliphatic heterocycles. The Morgan fingerprint density at radius 2 is 2.43 bits per heavy atom. The SMILES string of the molecule is CN1CCOCC1N1N=CC=CN1.Cl. The van der Waals surface area contributed by atoms with Crippen molar-refractivity contribution in [2.24, 2.45) is 5.10 Å². The average molecular weight is 219 g/mol. The van der Waals surface area contributed by atoms with Gasteiger partial charge >= 0.3 is 0 Å². The van der Waals surface area contributed by atoms with Crippen LogP contribution in [0.2, 0.25) is 0 Å². The zero-order chi connectivity index (χ0) is 9.10. The Labute approximate surface area is 89.8 Å². The van der Waals surface area contributed by atoms with Gasteiger partial charge in [-0.2, -0.15) is 10.2 Å². The average Bonchev–Trinajstić information content (AvgIpc) is 2.20. The lowest BCUT2D eigenvalue weighted by atomic mass is 10.4. The van der Waals surface area contributed by atoms with Crippen LogP contribution in [0.4, 0.5) is 0 Å². The number of morpholine rings is 1. The summed E-state index contributed by atoms with van der Waals surface area (Å²) in [4.78, 5) is 2.22. The van der Waals surface area contributed by atoms with Crippen molar-refractivity contribution in [2.45, 2.75) is 6.17 Å². The predicted molar refractivity (Wildman–Crippen MR) is 57.1 cm³/mol. The lowest BCUT2D eigenvalue weighted by Crippen LogP contribution is -2.55. The molecule has 14 heavy (non-hydrogen) atoms. The van der Waals surface area contributed by atoms with Gasteiger partial charge in [0.2, 0.25) is 0 Å². The molecule has 0 saturated carbocycles. The highest BCUT2D eigenvalue weighted by Crippen LogP contribution is 2.08. The Morgan fingerprint density at radius 1 is 1.57 bits per heavy atom. The highest BCUT2D eigenvalue weighted by atomic mass is 35.5. The van der Waals surface area contributed by atoms with Crippen molar-refractivity contribution in [1.29, 1.82) is 0 Å². The minimum atomic E-state index is 0. The van der Waals surface area contributed by atoms with Crippen molar-refractivity contribution >= 4 is 18.6 Å². The lowest BCUT2D eigenvalue weighted by molar-refractivity contribution is -0.0772. The first-order chi connectivity index (χ1) is 6.38. The second-order valence-corrected chi connectivity index (χ2v) is 3.13. The molecule has 0 amide bonds. The van der Waals surface area contributed by atoms with Crippen LogP contribution in [0.3, 0.4) is 0 Å². The highest BCUT2D eigenvalue weighted by molar-refractivity contribution is 5.85. The van der Waals surface area contributed by atoms with Crippen molar-refractivity contribution in [3.8, 4) is 0 Å². The van der Waals surface area contributed by atoms with E-state index in [0.717, 1.165) is 13.2 Å². The summed E-state index contributed by atoms with van der Waals surface area (Å²) in [6.07, 6.45) is 5.67. The molecule has 1 unspecified atom stereocenters. The number of nitrogens with one attached hydrogen (secondary N) is 1. The standard InChI is InChI=1S/C8H14N4O.ClH/c1-11-5-6-13-7-8(11)12-9-3-2-4-10-12;/h2-4,8-9H,5-7H2,1H3;1H. The Balaban J connectivity index is 0.000000980. The van der Waals surface area contributed by atoms with Crippen LogP contribution in [0.5, 0.6) is 0 Å². The maximum atomic E-state index is 5.38. The molecule has 1 N–H and O–H groups in total. The quantitative estimate of drug-likeness (QED) is 0.674. The third kappa shape index (κ3) is 2.37. The number of allylic oxidation sites excluding steroid dienone is 1. The normalized spacial score (nSPS) is 26.9. The lowest BCUT2D eigenvalue weighted by Gasteiger charge is -2.38. The molecule has 0 bridgehead atoms. The fourth-order valence-electron chi connectivity index (χ4n) is 1.40. The second kappa shape index (κ2) is 5.19. The van der Waals surface area contributed by atoms with Crippen LogP contribution in [-0.4, -0.2) is 49.2 Å². The van der Waals surface area contributed by atoms with E-state index in [1.54, 1.807) is 11.3 Å². The molecule has 5 nitrogen and oxygen atoms in total. The maximum absolute atomic E-state index is 5.38. The van der Waals surface area contributed by atoms with Crippen LogP contribution in [0.1, 0.15) is 0 Å². The van der Waals surface area contributed by atoms with E-state index in [9.17, 15) is 0 Å². The molecule has 6 heteroatoms. The number of halogens is 1. The molecule has 0 aromatic heterocycles. The van der Waals surface area contributed by atoms with Gasteiger partial charge in [0.25, 0.3) is 0 Å². The van der Waals surface area contributed by atoms with Crippen LogP contribution in [0.15, 0.2) is 17.4 Å². The van der Waals surface area contributed by atoms with E-state index in [1.165, 1.54) is 0 Å². The Hall–Kier alpha value is -0.780. The zero-order valence-electron chi connectivity index (χ0n) is 8.09.